The molecule has 0 spiro atoms. The van der Waals surface area contributed by atoms with E-state index in [9.17, 15) is 22.0 Å². The molecule has 0 saturated carbocycles. The van der Waals surface area contributed by atoms with Crippen LogP contribution in [0.2, 0.25) is 5.02 Å². The molecule has 0 bridgehead atoms. The number of carbonyl (C=O) groups is 1. The van der Waals surface area contributed by atoms with E-state index in [-0.39, 0.29) is 22.2 Å². The molecule has 1 amide bonds. The Balaban J connectivity index is 2.02. The van der Waals surface area contributed by atoms with E-state index in [0.29, 0.717) is 5.75 Å². The molecule has 146 valence electrons. The van der Waals surface area contributed by atoms with Gasteiger partial charge in [0.05, 0.1) is 6.26 Å². The van der Waals surface area contributed by atoms with E-state index in [1.807, 2.05) is 4.72 Å². The summed E-state index contributed by atoms with van der Waals surface area (Å²) in [6.07, 6.45) is -1.92. The third-order valence-electron chi connectivity index (χ3n) is 3.09. The van der Waals surface area contributed by atoms with E-state index in [1.165, 1.54) is 31.2 Å². The molecular formula is C16H15ClF2N2O5S. The molecule has 0 aliphatic heterocycles. The second kappa shape index (κ2) is 8.49. The SMILES string of the molecule is CC(Oc1ccc(Oc2ncc(C(F)F)cc2Cl)cc1)C(=O)NS(C)(=O)=O. The molecule has 1 atom stereocenters. The average molecular weight is 421 g/mol. The Labute approximate surface area is 159 Å². The highest BCUT2D eigenvalue weighted by molar-refractivity contribution is 7.89. The molecule has 1 heterocycles. The fourth-order valence-electron chi connectivity index (χ4n) is 1.86. The van der Waals surface area contributed by atoms with Crippen LogP contribution < -0.4 is 14.2 Å². The number of halogens is 3. The third-order valence-corrected chi connectivity index (χ3v) is 3.93. The van der Waals surface area contributed by atoms with E-state index in [1.54, 1.807) is 0 Å². The first kappa shape index (κ1) is 20.8. The zero-order chi connectivity index (χ0) is 20.2. The summed E-state index contributed by atoms with van der Waals surface area (Å²) in [5.74, 6) is -0.274. The highest BCUT2D eigenvalue weighted by atomic mass is 35.5. The Morgan fingerprint density at radius 3 is 2.33 bits per heavy atom. The van der Waals surface area contributed by atoms with E-state index in [0.717, 1.165) is 18.5 Å². The highest BCUT2D eigenvalue weighted by Gasteiger charge is 2.18. The van der Waals surface area contributed by atoms with Crippen molar-refractivity contribution in [1.82, 2.24) is 9.71 Å². The standard InChI is InChI=1S/C16H15ClF2N2O5S/c1-9(15(22)21-27(2,23)24)25-11-3-5-12(6-4-11)26-16-13(17)7-10(8-20-16)14(18)19/h3-9,14H,1-2H3,(H,21,22). The van der Waals surface area contributed by atoms with Gasteiger partial charge in [0.1, 0.15) is 16.5 Å². The van der Waals surface area contributed by atoms with E-state index < -0.39 is 28.5 Å². The van der Waals surface area contributed by atoms with Crippen LogP contribution in [0.4, 0.5) is 8.78 Å². The van der Waals surface area contributed by atoms with Gasteiger partial charge in [0.25, 0.3) is 12.3 Å². The van der Waals surface area contributed by atoms with Crippen LogP contribution in [0.3, 0.4) is 0 Å². The number of alkyl halides is 2. The molecule has 1 aromatic heterocycles. The summed E-state index contributed by atoms with van der Waals surface area (Å²) >= 11 is 5.87. The summed E-state index contributed by atoms with van der Waals surface area (Å²) in [6, 6.07) is 6.97. The zero-order valence-corrected chi connectivity index (χ0v) is 15.7. The van der Waals surface area contributed by atoms with Crippen molar-refractivity contribution in [2.45, 2.75) is 19.5 Å². The fraction of sp³-hybridized carbons (Fsp3) is 0.250. The summed E-state index contributed by atoms with van der Waals surface area (Å²) < 4.78 is 59.8. The van der Waals surface area contributed by atoms with Gasteiger partial charge in [0.2, 0.25) is 15.9 Å². The lowest BCUT2D eigenvalue weighted by Crippen LogP contribution is -2.39. The number of pyridine rings is 1. The first-order chi connectivity index (χ1) is 12.5. The largest absolute Gasteiger partial charge is 0.481 e. The van der Waals surface area contributed by atoms with Crippen LogP contribution in [0.1, 0.15) is 18.9 Å². The predicted octanol–water partition coefficient (Wildman–Crippen LogP) is 3.31. The fourth-order valence-corrected chi connectivity index (χ4v) is 2.60. The van der Waals surface area contributed by atoms with Crippen molar-refractivity contribution in [1.29, 1.82) is 0 Å². The van der Waals surface area contributed by atoms with Crippen molar-refractivity contribution in [2.24, 2.45) is 0 Å². The molecule has 0 aliphatic rings. The maximum atomic E-state index is 12.6. The minimum atomic E-state index is -3.68. The molecule has 0 fully saturated rings. The van der Waals surface area contributed by atoms with Gasteiger partial charge in [-0.25, -0.2) is 22.2 Å². The van der Waals surface area contributed by atoms with Crippen molar-refractivity contribution in [3.05, 3.63) is 47.1 Å². The number of sulfonamides is 1. The van der Waals surface area contributed by atoms with Gasteiger partial charge in [-0.05, 0) is 37.3 Å². The Morgan fingerprint density at radius 2 is 1.81 bits per heavy atom. The lowest BCUT2D eigenvalue weighted by Gasteiger charge is -2.14. The normalized spacial score (nSPS) is 12.5. The second-order valence-corrected chi connectivity index (χ2v) is 7.58. The maximum Gasteiger partial charge on any atom is 0.274 e. The van der Waals surface area contributed by atoms with Gasteiger partial charge in [-0.15, -0.1) is 0 Å². The van der Waals surface area contributed by atoms with Crippen molar-refractivity contribution < 1.29 is 31.5 Å². The van der Waals surface area contributed by atoms with Gasteiger partial charge in [-0.1, -0.05) is 11.6 Å². The van der Waals surface area contributed by atoms with Gasteiger partial charge in [-0.2, -0.15) is 0 Å². The summed E-state index contributed by atoms with van der Waals surface area (Å²) in [6.45, 7) is 1.39. The molecule has 2 rings (SSSR count). The Bertz CT molecular complexity index is 923. The van der Waals surface area contributed by atoms with Gasteiger partial charge in [0, 0.05) is 11.8 Å². The molecule has 1 N–H and O–H groups in total. The molecule has 11 heteroatoms. The monoisotopic (exact) mass is 420 g/mol. The van der Waals surface area contributed by atoms with Gasteiger partial charge in [-0.3, -0.25) is 9.52 Å². The van der Waals surface area contributed by atoms with Crippen LogP contribution in [-0.2, 0) is 14.8 Å². The van der Waals surface area contributed by atoms with Crippen molar-refractivity contribution in [2.75, 3.05) is 6.26 Å². The van der Waals surface area contributed by atoms with E-state index in [2.05, 4.69) is 4.98 Å². The first-order valence-electron chi connectivity index (χ1n) is 7.45. The number of hydrogen-bond acceptors (Lipinski definition) is 6. The van der Waals surface area contributed by atoms with Gasteiger partial charge >= 0.3 is 0 Å². The minimum Gasteiger partial charge on any atom is -0.481 e. The number of hydrogen-bond donors (Lipinski definition) is 1. The van der Waals surface area contributed by atoms with Crippen LogP contribution in [-0.4, -0.2) is 31.7 Å². The van der Waals surface area contributed by atoms with E-state index in [4.69, 9.17) is 21.1 Å². The number of benzene rings is 1. The number of ether oxygens (including phenoxy) is 2. The smallest absolute Gasteiger partial charge is 0.274 e. The van der Waals surface area contributed by atoms with Crippen LogP contribution in [0.5, 0.6) is 17.4 Å². The lowest BCUT2D eigenvalue weighted by atomic mass is 10.3. The molecule has 27 heavy (non-hydrogen) atoms. The molecular weight excluding hydrogens is 406 g/mol. The Kier molecular flexibility index (Phi) is 6.55. The summed E-state index contributed by atoms with van der Waals surface area (Å²) in [5.41, 5.74) is -0.322. The summed E-state index contributed by atoms with van der Waals surface area (Å²) in [5, 5.41) is -0.0702. The molecule has 0 saturated heterocycles. The minimum absolute atomic E-state index is 0.0457. The van der Waals surface area contributed by atoms with Crippen LogP contribution in [0.15, 0.2) is 36.5 Å². The quantitative estimate of drug-likeness (QED) is 0.738. The molecule has 7 nitrogen and oxygen atoms in total. The molecule has 0 aliphatic carbocycles. The maximum absolute atomic E-state index is 12.6. The molecule has 1 aromatic carbocycles. The third kappa shape index (κ3) is 6.33. The summed E-state index contributed by atoms with van der Waals surface area (Å²) in [4.78, 5) is 15.4. The van der Waals surface area contributed by atoms with Crippen LogP contribution in [0.25, 0.3) is 0 Å². The van der Waals surface area contributed by atoms with Gasteiger partial charge < -0.3 is 9.47 Å². The molecule has 0 radical (unpaired) electrons. The molecule has 1 unspecified atom stereocenters. The van der Waals surface area contributed by atoms with Crippen molar-refractivity contribution in [3.8, 4) is 17.4 Å². The van der Waals surface area contributed by atoms with E-state index >= 15 is 0 Å². The van der Waals surface area contributed by atoms with Crippen molar-refractivity contribution in [3.63, 3.8) is 0 Å². The van der Waals surface area contributed by atoms with Crippen LogP contribution in [0, 0.1) is 0 Å². The van der Waals surface area contributed by atoms with Crippen molar-refractivity contribution >= 4 is 27.5 Å². The number of nitrogens with one attached hydrogen (secondary N) is 1. The number of aromatic nitrogens is 1. The Morgan fingerprint density at radius 1 is 1.22 bits per heavy atom. The number of amides is 1. The average Bonchev–Trinajstić information content (AvgIpc) is 2.56. The molecule has 2 aromatic rings. The second-order valence-electron chi connectivity index (χ2n) is 5.43. The summed E-state index contributed by atoms with van der Waals surface area (Å²) in [7, 11) is -3.68. The van der Waals surface area contributed by atoms with Gasteiger partial charge in [0.15, 0.2) is 6.10 Å². The Hall–Kier alpha value is -2.46. The topological polar surface area (TPSA) is 94.6 Å². The lowest BCUT2D eigenvalue weighted by molar-refractivity contribution is -0.125. The number of rotatable bonds is 7. The first-order valence-corrected chi connectivity index (χ1v) is 9.72. The predicted molar refractivity (Wildman–Crippen MR) is 93.8 cm³/mol. The highest BCUT2D eigenvalue weighted by Crippen LogP contribution is 2.31. The number of carbonyl (C=O) groups excluding carboxylic acids is 1. The van der Waals surface area contributed by atoms with Crippen LogP contribution >= 0.6 is 11.6 Å². The zero-order valence-electron chi connectivity index (χ0n) is 14.1. The number of nitrogens with zero attached hydrogens (tertiary/aromatic N) is 1.